The third-order valence-corrected chi connectivity index (χ3v) is 5.74. The molecule has 1 aliphatic carbocycles. The van der Waals surface area contributed by atoms with Crippen LogP contribution in [-0.4, -0.2) is 25.1 Å². The maximum atomic E-state index is 12.1. The van der Waals surface area contributed by atoms with Crippen LogP contribution in [-0.2, 0) is 15.6 Å². The van der Waals surface area contributed by atoms with Crippen molar-refractivity contribution in [1.29, 1.82) is 0 Å². The minimum Gasteiger partial charge on any atom is -0.334 e. The van der Waals surface area contributed by atoms with E-state index in [9.17, 15) is 8.42 Å². The Morgan fingerprint density at radius 3 is 2.74 bits per heavy atom. The van der Waals surface area contributed by atoms with Gasteiger partial charge in [0.1, 0.15) is 0 Å². The Bertz CT molecular complexity index is 825. The summed E-state index contributed by atoms with van der Waals surface area (Å²) in [6.45, 7) is 3.92. The molecule has 124 valence electrons. The number of nitrogens with zero attached hydrogens (tertiary/aromatic N) is 2. The van der Waals surface area contributed by atoms with E-state index in [1.54, 1.807) is 25.1 Å². The van der Waals surface area contributed by atoms with Crippen molar-refractivity contribution in [3.05, 3.63) is 29.6 Å². The molecule has 2 aromatic rings. The van der Waals surface area contributed by atoms with E-state index in [0.29, 0.717) is 23.8 Å². The third-order valence-electron chi connectivity index (χ3n) is 4.20. The van der Waals surface area contributed by atoms with Crippen molar-refractivity contribution in [3.63, 3.8) is 0 Å². The number of hydrogen-bond acceptors (Lipinski definition) is 6. The molecule has 8 heteroatoms. The van der Waals surface area contributed by atoms with Crippen LogP contribution < -0.4 is 10.5 Å². The number of aromatic nitrogens is 2. The van der Waals surface area contributed by atoms with E-state index in [-0.39, 0.29) is 4.90 Å². The van der Waals surface area contributed by atoms with Crippen LogP contribution in [0.4, 0.5) is 0 Å². The van der Waals surface area contributed by atoms with E-state index in [1.165, 1.54) is 0 Å². The Hall–Kier alpha value is -1.77. The Morgan fingerprint density at radius 2 is 2.13 bits per heavy atom. The van der Waals surface area contributed by atoms with Crippen LogP contribution in [0.5, 0.6) is 0 Å². The predicted molar refractivity (Wildman–Crippen MR) is 85.0 cm³/mol. The average Bonchev–Trinajstić information content (AvgIpc) is 2.95. The molecule has 1 aromatic heterocycles. The number of hydrogen-bond donors (Lipinski definition) is 2. The van der Waals surface area contributed by atoms with Gasteiger partial charge >= 0.3 is 0 Å². The highest BCUT2D eigenvalue weighted by molar-refractivity contribution is 7.89. The van der Waals surface area contributed by atoms with Gasteiger partial charge in [0.15, 0.2) is 5.82 Å². The number of nitrogens with one attached hydrogen (secondary N) is 1. The molecule has 0 bridgehead atoms. The zero-order valence-corrected chi connectivity index (χ0v) is 14.0. The van der Waals surface area contributed by atoms with Gasteiger partial charge in [0.05, 0.1) is 10.4 Å². The molecule has 0 aliphatic heterocycles. The van der Waals surface area contributed by atoms with E-state index >= 15 is 0 Å². The van der Waals surface area contributed by atoms with Crippen LogP contribution in [0.2, 0.25) is 0 Å². The first-order valence-corrected chi connectivity index (χ1v) is 9.08. The lowest BCUT2D eigenvalue weighted by Crippen LogP contribution is -2.44. The van der Waals surface area contributed by atoms with Crippen molar-refractivity contribution in [2.75, 3.05) is 6.54 Å². The van der Waals surface area contributed by atoms with Crippen LogP contribution in [0, 0.1) is 6.92 Å². The molecule has 1 heterocycles. The molecule has 0 atom stereocenters. The standard InChI is InChI=1S/C15H20N4O3S/c1-3-17-23(20,21)11-6-5-10(2)12(9-11)13-18-14(19-22-13)15(16)7-4-8-15/h5-6,9,17H,3-4,7-8,16H2,1-2H3. The highest BCUT2D eigenvalue weighted by atomic mass is 32.2. The first-order chi connectivity index (χ1) is 10.9. The molecule has 0 radical (unpaired) electrons. The van der Waals surface area contributed by atoms with E-state index in [2.05, 4.69) is 14.9 Å². The van der Waals surface area contributed by atoms with Crippen molar-refractivity contribution >= 4 is 10.0 Å². The molecule has 0 saturated heterocycles. The lowest BCUT2D eigenvalue weighted by atomic mass is 9.77. The summed E-state index contributed by atoms with van der Waals surface area (Å²) in [5.41, 5.74) is 7.15. The Morgan fingerprint density at radius 1 is 1.39 bits per heavy atom. The van der Waals surface area contributed by atoms with Crippen molar-refractivity contribution in [2.45, 2.75) is 43.5 Å². The minimum atomic E-state index is -3.54. The van der Waals surface area contributed by atoms with Crippen LogP contribution in [0.15, 0.2) is 27.6 Å². The summed E-state index contributed by atoms with van der Waals surface area (Å²) >= 11 is 0. The molecule has 23 heavy (non-hydrogen) atoms. The van der Waals surface area contributed by atoms with Gasteiger partial charge in [-0.25, -0.2) is 13.1 Å². The smallest absolute Gasteiger partial charge is 0.258 e. The Kier molecular flexibility index (Phi) is 3.99. The van der Waals surface area contributed by atoms with Gasteiger partial charge < -0.3 is 10.3 Å². The summed E-state index contributed by atoms with van der Waals surface area (Å²) in [7, 11) is -3.54. The molecule has 1 aliphatic rings. The maximum absolute atomic E-state index is 12.1. The average molecular weight is 336 g/mol. The zero-order valence-electron chi connectivity index (χ0n) is 13.2. The molecule has 1 fully saturated rings. The monoisotopic (exact) mass is 336 g/mol. The normalized spacial score (nSPS) is 17.0. The summed E-state index contributed by atoms with van der Waals surface area (Å²) in [4.78, 5) is 4.56. The molecule has 0 unspecified atom stereocenters. The Labute approximate surface area is 135 Å². The van der Waals surface area contributed by atoms with Crippen molar-refractivity contribution in [1.82, 2.24) is 14.9 Å². The first-order valence-electron chi connectivity index (χ1n) is 7.59. The number of rotatable bonds is 5. The van der Waals surface area contributed by atoms with Gasteiger partial charge in [-0.3, -0.25) is 0 Å². The number of aryl methyl sites for hydroxylation is 1. The second-order valence-electron chi connectivity index (χ2n) is 5.91. The summed E-state index contributed by atoms with van der Waals surface area (Å²) in [6, 6.07) is 4.84. The van der Waals surface area contributed by atoms with Crippen LogP contribution in [0.3, 0.4) is 0 Å². The summed E-state index contributed by atoms with van der Waals surface area (Å²) in [5, 5.41) is 3.98. The van der Waals surface area contributed by atoms with Crippen molar-refractivity contribution < 1.29 is 12.9 Å². The molecule has 3 N–H and O–H groups in total. The van der Waals surface area contributed by atoms with Crippen LogP contribution >= 0.6 is 0 Å². The van der Waals surface area contributed by atoms with Crippen molar-refractivity contribution in [3.8, 4) is 11.5 Å². The highest BCUT2D eigenvalue weighted by Crippen LogP contribution is 2.38. The van der Waals surface area contributed by atoms with Gasteiger partial charge in [-0.05, 0) is 43.9 Å². The number of benzene rings is 1. The summed E-state index contributed by atoms with van der Waals surface area (Å²) in [6.07, 6.45) is 2.72. The lowest BCUT2D eigenvalue weighted by Gasteiger charge is -2.34. The molecular formula is C15H20N4O3S. The highest BCUT2D eigenvalue weighted by Gasteiger charge is 2.39. The largest absolute Gasteiger partial charge is 0.334 e. The second kappa shape index (κ2) is 5.70. The molecule has 3 rings (SSSR count). The first kappa shape index (κ1) is 16.1. The van der Waals surface area contributed by atoms with Gasteiger partial charge in [-0.2, -0.15) is 4.98 Å². The SMILES string of the molecule is CCNS(=O)(=O)c1ccc(C)c(-c2nc(C3(N)CCC3)no2)c1. The van der Waals surface area contributed by atoms with E-state index < -0.39 is 15.6 Å². The maximum Gasteiger partial charge on any atom is 0.258 e. The molecule has 1 saturated carbocycles. The van der Waals surface area contributed by atoms with E-state index in [0.717, 1.165) is 24.8 Å². The topological polar surface area (TPSA) is 111 Å². The molecule has 1 aromatic carbocycles. The van der Waals surface area contributed by atoms with Crippen LogP contribution in [0.25, 0.3) is 11.5 Å². The number of nitrogens with two attached hydrogens (primary N) is 1. The zero-order chi connectivity index (χ0) is 16.7. The van der Waals surface area contributed by atoms with Gasteiger partial charge in [0, 0.05) is 12.1 Å². The fourth-order valence-corrected chi connectivity index (χ4v) is 3.66. The fraction of sp³-hybridized carbons (Fsp3) is 0.467. The van der Waals surface area contributed by atoms with E-state index in [4.69, 9.17) is 10.3 Å². The van der Waals surface area contributed by atoms with Gasteiger partial charge in [-0.1, -0.05) is 18.1 Å². The van der Waals surface area contributed by atoms with E-state index in [1.807, 2.05) is 6.92 Å². The quantitative estimate of drug-likeness (QED) is 0.859. The minimum absolute atomic E-state index is 0.172. The van der Waals surface area contributed by atoms with Crippen molar-refractivity contribution in [2.24, 2.45) is 5.73 Å². The lowest BCUT2D eigenvalue weighted by molar-refractivity contribution is 0.229. The Balaban J connectivity index is 2.00. The molecular weight excluding hydrogens is 316 g/mol. The molecule has 0 spiro atoms. The molecule has 7 nitrogen and oxygen atoms in total. The fourth-order valence-electron chi connectivity index (χ4n) is 2.59. The predicted octanol–water partition coefficient (Wildman–Crippen LogP) is 1.68. The number of sulfonamides is 1. The van der Waals surface area contributed by atoms with Gasteiger partial charge in [0.25, 0.3) is 5.89 Å². The second-order valence-corrected chi connectivity index (χ2v) is 7.68. The van der Waals surface area contributed by atoms with Crippen LogP contribution in [0.1, 0.15) is 37.6 Å². The van der Waals surface area contributed by atoms with Gasteiger partial charge in [-0.15, -0.1) is 0 Å². The molecule has 0 amide bonds. The third kappa shape index (κ3) is 2.89. The summed E-state index contributed by atoms with van der Waals surface area (Å²) < 4.78 is 32.1. The van der Waals surface area contributed by atoms with Gasteiger partial charge in [0.2, 0.25) is 10.0 Å². The summed E-state index contributed by atoms with van der Waals surface area (Å²) in [5.74, 6) is 0.779.